The second kappa shape index (κ2) is 7.87. The van der Waals surface area contributed by atoms with Gasteiger partial charge in [0.15, 0.2) is 0 Å². The van der Waals surface area contributed by atoms with Crippen LogP contribution in [0.4, 0.5) is 4.79 Å². The summed E-state index contributed by atoms with van der Waals surface area (Å²) in [5, 5.41) is 1.02. The summed E-state index contributed by atoms with van der Waals surface area (Å²) < 4.78 is 15.6. The summed E-state index contributed by atoms with van der Waals surface area (Å²) in [4.78, 5) is 16.8. The fraction of sp³-hybridized carbons (Fsp3) is 0.471. The van der Waals surface area contributed by atoms with Crippen LogP contribution in [0.2, 0.25) is 0 Å². The third-order valence-electron chi connectivity index (χ3n) is 3.39. The Morgan fingerprint density at radius 3 is 2.83 bits per heavy atom. The third-order valence-corrected chi connectivity index (χ3v) is 3.39. The van der Waals surface area contributed by atoms with Crippen molar-refractivity contribution in [1.82, 2.24) is 9.88 Å². The number of nitrogens with zero attached hydrogens (tertiary/aromatic N) is 1. The van der Waals surface area contributed by atoms with Crippen LogP contribution in [0.3, 0.4) is 0 Å². The molecule has 0 aliphatic carbocycles. The second-order valence-electron chi connectivity index (χ2n) is 5.53. The molecule has 1 atom stereocenters. The number of carbonyl (C=O) groups is 1. The van der Waals surface area contributed by atoms with E-state index in [4.69, 9.17) is 14.2 Å². The summed E-state index contributed by atoms with van der Waals surface area (Å²) >= 11 is 0. The van der Waals surface area contributed by atoms with Crippen LogP contribution in [0.5, 0.6) is 5.75 Å². The minimum atomic E-state index is -0.728. The number of nitrogens with one attached hydrogen (secondary N) is 1. The molecule has 0 saturated heterocycles. The van der Waals surface area contributed by atoms with Gasteiger partial charge in [-0.2, -0.15) is 0 Å². The van der Waals surface area contributed by atoms with Crippen molar-refractivity contribution in [3.05, 3.63) is 30.0 Å². The van der Waals surface area contributed by atoms with E-state index in [0.29, 0.717) is 5.75 Å². The Labute approximate surface area is 136 Å². The maximum Gasteiger partial charge on any atom is 0.511 e. The van der Waals surface area contributed by atoms with Crippen LogP contribution in [0, 0.1) is 0 Å². The van der Waals surface area contributed by atoms with E-state index < -0.39 is 12.4 Å². The number of fused-ring (bicyclic) bond motifs is 1. The number of aromatic amines is 1. The van der Waals surface area contributed by atoms with Crippen molar-refractivity contribution in [3.8, 4) is 5.75 Å². The molecule has 1 aromatic carbocycles. The molecule has 0 fully saturated rings. The van der Waals surface area contributed by atoms with Gasteiger partial charge in [0.05, 0.1) is 6.61 Å². The Morgan fingerprint density at radius 1 is 1.35 bits per heavy atom. The van der Waals surface area contributed by atoms with Gasteiger partial charge < -0.3 is 24.1 Å². The fourth-order valence-corrected chi connectivity index (χ4v) is 2.35. The summed E-state index contributed by atoms with van der Waals surface area (Å²) in [6, 6.07) is 5.78. The van der Waals surface area contributed by atoms with Gasteiger partial charge in [-0.3, -0.25) is 0 Å². The summed E-state index contributed by atoms with van der Waals surface area (Å²) in [5.41, 5.74) is 2.17. The van der Waals surface area contributed by atoms with E-state index >= 15 is 0 Å². The lowest BCUT2D eigenvalue weighted by atomic mass is 10.1. The molecule has 0 aliphatic rings. The van der Waals surface area contributed by atoms with Crippen LogP contribution in [-0.4, -0.2) is 49.6 Å². The first-order chi connectivity index (χ1) is 11.0. The van der Waals surface area contributed by atoms with E-state index in [-0.39, 0.29) is 6.61 Å². The smallest absolute Gasteiger partial charge is 0.454 e. The van der Waals surface area contributed by atoms with Crippen LogP contribution < -0.4 is 4.74 Å². The molecule has 23 heavy (non-hydrogen) atoms. The van der Waals surface area contributed by atoms with Crippen molar-refractivity contribution in [2.24, 2.45) is 0 Å². The molecule has 1 N–H and O–H groups in total. The van der Waals surface area contributed by atoms with E-state index in [1.807, 2.05) is 38.5 Å². The predicted molar refractivity (Wildman–Crippen MR) is 88.8 cm³/mol. The standard InChI is InChI=1S/C17H24N2O4/c1-5-21-17(20)23-12(2)22-15-8-6-7-14-16(15)13(11-18-14)9-10-19(3)4/h6-8,11-12,18H,5,9-10H2,1-4H3. The molecule has 6 nitrogen and oxygen atoms in total. The molecule has 0 saturated carbocycles. The molecular weight excluding hydrogens is 296 g/mol. The topological polar surface area (TPSA) is 63.8 Å². The van der Waals surface area contributed by atoms with Gasteiger partial charge >= 0.3 is 6.16 Å². The van der Waals surface area contributed by atoms with Crippen LogP contribution in [0.25, 0.3) is 10.9 Å². The minimum Gasteiger partial charge on any atom is -0.454 e. The molecule has 1 unspecified atom stereocenters. The largest absolute Gasteiger partial charge is 0.511 e. The number of carbonyl (C=O) groups excluding carboxylic acids is 1. The van der Waals surface area contributed by atoms with Crippen molar-refractivity contribution in [2.45, 2.75) is 26.6 Å². The molecule has 2 rings (SSSR count). The lowest BCUT2D eigenvalue weighted by Crippen LogP contribution is -2.21. The third kappa shape index (κ3) is 4.63. The Morgan fingerprint density at radius 2 is 2.13 bits per heavy atom. The summed E-state index contributed by atoms with van der Waals surface area (Å²) in [6.45, 7) is 4.61. The summed E-state index contributed by atoms with van der Waals surface area (Å²) in [7, 11) is 4.09. The monoisotopic (exact) mass is 320 g/mol. The number of hydrogen-bond acceptors (Lipinski definition) is 5. The van der Waals surface area contributed by atoms with Gasteiger partial charge in [-0.25, -0.2) is 4.79 Å². The van der Waals surface area contributed by atoms with Gasteiger partial charge in [-0.05, 0) is 45.1 Å². The quantitative estimate of drug-likeness (QED) is 0.627. The number of rotatable bonds is 7. The number of benzene rings is 1. The van der Waals surface area contributed by atoms with Crippen molar-refractivity contribution in [2.75, 3.05) is 27.2 Å². The van der Waals surface area contributed by atoms with Gasteiger partial charge in [0.2, 0.25) is 6.29 Å². The molecule has 6 heteroatoms. The first-order valence-electron chi connectivity index (χ1n) is 7.75. The molecule has 0 spiro atoms. The molecule has 0 bridgehead atoms. The van der Waals surface area contributed by atoms with Gasteiger partial charge in [-0.1, -0.05) is 6.07 Å². The molecule has 0 amide bonds. The first kappa shape index (κ1) is 17.1. The highest BCUT2D eigenvalue weighted by atomic mass is 16.8. The Hall–Kier alpha value is -2.21. The Bertz CT molecular complexity index is 651. The fourth-order valence-electron chi connectivity index (χ4n) is 2.35. The maximum atomic E-state index is 11.4. The normalized spacial score (nSPS) is 12.4. The SMILES string of the molecule is CCOC(=O)OC(C)Oc1cccc2[nH]cc(CCN(C)C)c12. The molecule has 1 heterocycles. The number of likely N-dealkylation sites (N-methyl/N-ethyl adjacent to an activating group) is 1. The van der Waals surface area contributed by atoms with E-state index in [1.54, 1.807) is 13.8 Å². The summed E-state index contributed by atoms with van der Waals surface area (Å²) in [5.74, 6) is 0.689. The van der Waals surface area contributed by atoms with Gasteiger partial charge in [0, 0.05) is 30.6 Å². The van der Waals surface area contributed by atoms with Gasteiger partial charge in [0.25, 0.3) is 0 Å². The average Bonchev–Trinajstić information content (AvgIpc) is 2.89. The van der Waals surface area contributed by atoms with Crippen molar-refractivity contribution >= 4 is 17.1 Å². The van der Waals surface area contributed by atoms with E-state index in [0.717, 1.165) is 23.9 Å². The molecular formula is C17H24N2O4. The number of aromatic nitrogens is 1. The lowest BCUT2D eigenvalue weighted by Gasteiger charge is -2.16. The van der Waals surface area contributed by atoms with Crippen LogP contribution in [-0.2, 0) is 15.9 Å². The average molecular weight is 320 g/mol. The first-order valence-corrected chi connectivity index (χ1v) is 7.75. The Balaban J connectivity index is 2.16. The predicted octanol–water partition coefficient (Wildman–Crippen LogP) is 3.17. The van der Waals surface area contributed by atoms with Crippen LogP contribution >= 0.6 is 0 Å². The summed E-state index contributed by atoms with van der Waals surface area (Å²) in [6.07, 6.45) is 1.45. The highest BCUT2D eigenvalue weighted by Gasteiger charge is 2.15. The zero-order valence-corrected chi connectivity index (χ0v) is 14.1. The number of ether oxygens (including phenoxy) is 3. The van der Waals surface area contributed by atoms with Crippen LogP contribution in [0.1, 0.15) is 19.4 Å². The maximum absolute atomic E-state index is 11.4. The highest BCUT2D eigenvalue weighted by Crippen LogP contribution is 2.30. The van der Waals surface area contributed by atoms with Gasteiger partial charge in [-0.15, -0.1) is 0 Å². The second-order valence-corrected chi connectivity index (χ2v) is 5.53. The zero-order valence-electron chi connectivity index (χ0n) is 14.1. The van der Waals surface area contributed by atoms with E-state index in [2.05, 4.69) is 9.88 Å². The van der Waals surface area contributed by atoms with E-state index in [1.165, 1.54) is 5.56 Å². The van der Waals surface area contributed by atoms with Gasteiger partial charge in [0.1, 0.15) is 5.75 Å². The highest BCUT2D eigenvalue weighted by molar-refractivity contribution is 5.89. The molecule has 0 radical (unpaired) electrons. The number of H-pyrrole nitrogens is 1. The molecule has 0 aliphatic heterocycles. The van der Waals surface area contributed by atoms with E-state index in [9.17, 15) is 4.79 Å². The van der Waals surface area contributed by atoms with Crippen LogP contribution in [0.15, 0.2) is 24.4 Å². The van der Waals surface area contributed by atoms with Crippen molar-refractivity contribution < 1.29 is 19.0 Å². The Kier molecular flexibility index (Phi) is 5.87. The van der Waals surface area contributed by atoms with Crippen molar-refractivity contribution in [3.63, 3.8) is 0 Å². The minimum absolute atomic E-state index is 0.271. The lowest BCUT2D eigenvalue weighted by molar-refractivity contribution is -0.0512. The molecule has 126 valence electrons. The number of hydrogen-bond donors (Lipinski definition) is 1. The van der Waals surface area contributed by atoms with Crippen molar-refractivity contribution in [1.29, 1.82) is 0 Å². The molecule has 2 aromatic rings. The zero-order chi connectivity index (χ0) is 16.8. The molecule has 1 aromatic heterocycles.